The molecule has 1 atom stereocenters. The summed E-state index contributed by atoms with van der Waals surface area (Å²) < 4.78 is 1.92. The lowest BCUT2D eigenvalue weighted by Crippen LogP contribution is -2.16. The summed E-state index contributed by atoms with van der Waals surface area (Å²) in [6.45, 7) is 0. The number of nitrogens with zero attached hydrogens (tertiary/aromatic N) is 3. The van der Waals surface area contributed by atoms with Crippen LogP contribution in [0.4, 0.5) is 0 Å². The van der Waals surface area contributed by atoms with Gasteiger partial charge >= 0.3 is 0 Å². The molecule has 4 nitrogen and oxygen atoms in total. The predicted octanol–water partition coefficient (Wildman–Crippen LogP) is 1.71. The molecule has 2 aromatic rings. The Balaban J connectivity index is 2.17. The number of hydrogen-bond acceptors (Lipinski definition) is 3. The van der Waals surface area contributed by atoms with Gasteiger partial charge in [0.1, 0.15) is 0 Å². The van der Waals surface area contributed by atoms with Gasteiger partial charge in [0.2, 0.25) is 0 Å². The Hall–Kier alpha value is -1.39. The largest absolute Gasteiger partial charge is 0.336 e. The molecule has 0 fully saturated rings. The van der Waals surface area contributed by atoms with Crippen LogP contribution in [0.15, 0.2) is 31.0 Å². The van der Waals surface area contributed by atoms with Crippen molar-refractivity contribution in [2.24, 2.45) is 12.8 Å². The molecular weight excluding hydrogens is 224 g/mol. The van der Waals surface area contributed by atoms with Crippen molar-refractivity contribution >= 4 is 11.6 Å². The predicted molar refractivity (Wildman–Crippen MR) is 63.1 cm³/mol. The van der Waals surface area contributed by atoms with E-state index < -0.39 is 0 Å². The van der Waals surface area contributed by atoms with Crippen LogP contribution in [0, 0.1) is 0 Å². The third-order valence-corrected chi connectivity index (χ3v) is 2.87. The van der Waals surface area contributed by atoms with E-state index in [-0.39, 0.29) is 6.04 Å². The Bertz CT molecular complexity index is 480. The van der Waals surface area contributed by atoms with Crippen LogP contribution < -0.4 is 5.73 Å². The van der Waals surface area contributed by atoms with Crippen LogP contribution in [0.25, 0.3) is 0 Å². The highest BCUT2D eigenvalue weighted by atomic mass is 35.5. The van der Waals surface area contributed by atoms with E-state index >= 15 is 0 Å². The number of hydrogen-bond donors (Lipinski definition) is 1. The standard InChI is InChI=1S/C11H13ClN4/c1-16-7-15-6-11(16)10(13)4-8-2-3-14-5-9(8)12/h2-3,5-7,10H,4,13H2,1H3. The fourth-order valence-corrected chi connectivity index (χ4v) is 1.83. The van der Waals surface area contributed by atoms with Crippen molar-refractivity contribution in [3.8, 4) is 0 Å². The topological polar surface area (TPSA) is 56.7 Å². The normalized spacial score (nSPS) is 12.7. The van der Waals surface area contributed by atoms with E-state index in [0.717, 1.165) is 11.3 Å². The van der Waals surface area contributed by atoms with Gasteiger partial charge in [0, 0.05) is 25.6 Å². The molecule has 0 aromatic carbocycles. The van der Waals surface area contributed by atoms with E-state index in [1.165, 1.54) is 0 Å². The number of rotatable bonds is 3. The lowest BCUT2D eigenvalue weighted by molar-refractivity contribution is 0.655. The highest BCUT2D eigenvalue weighted by molar-refractivity contribution is 6.31. The van der Waals surface area contributed by atoms with Crippen LogP contribution in [-0.4, -0.2) is 14.5 Å². The van der Waals surface area contributed by atoms with Crippen LogP contribution in [0.5, 0.6) is 0 Å². The average molecular weight is 237 g/mol. The number of halogens is 1. The van der Waals surface area contributed by atoms with Gasteiger partial charge in [-0.3, -0.25) is 4.98 Å². The van der Waals surface area contributed by atoms with Gasteiger partial charge in [0.25, 0.3) is 0 Å². The molecule has 0 radical (unpaired) electrons. The number of aromatic nitrogens is 3. The van der Waals surface area contributed by atoms with Crippen molar-refractivity contribution in [1.29, 1.82) is 0 Å². The first-order valence-corrected chi connectivity index (χ1v) is 5.36. The van der Waals surface area contributed by atoms with Gasteiger partial charge in [-0.05, 0) is 18.1 Å². The summed E-state index contributed by atoms with van der Waals surface area (Å²) in [7, 11) is 1.93. The summed E-state index contributed by atoms with van der Waals surface area (Å²) in [4.78, 5) is 7.99. The number of imidazole rings is 1. The van der Waals surface area contributed by atoms with Crippen LogP contribution in [0.3, 0.4) is 0 Å². The molecule has 0 aliphatic rings. The van der Waals surface area contributed by atoms with E-state index in [9.17, 15) is 0 Å². The second kappa shape index (κ2) is 4.63. The van der Waals surface area contributed by atoms with Gasteiger partial charge in [-0.25, -0.2) is 4.98 Å². The molecule has 0 amide bonds. The summed E-state index contributed by atoms with van der Waals surface area (Å²) in [6.07, 6.45) is 7.55. The third-order valence-electron chi connectivity index (χ3n) is 2.53. The minimum absolute atomic E-state index is 0.104. The zero-order valence-electron chi connectivity index (χ0n) is 8.97. The fourth-order valence-electron chi connectivity index (χ4n) is 1.64. The van der Waals surface area contributed by atoms with Gasteiger partial charge in [-0.2, -0.15) is 0 Å². The second-order valence-corrected chi connectivity index (χ2v) is 4.11. The van der Waals surface area contributed by atoms with E-state index in [0.29, 0.717) is 11.4 Å². The third kappa shape index (κ3) is 2.23. The highest BCUT2D eigenvalue weighted by Gasteiger charge is 2.12. The molecule has 0 spiro atoms. The van der Waals surface area contributed by atoms with Gasteiger partial charge in [-0.1, -0.05) is 11.6 Å². The Morgan fingerprint density at radius 3 is 2.88 bits per heavy atom. The van der Waals surface area contributed by atoms with Crippen LogP contribution in [0.1, 0.15) is 17.3 Å². The fraction of sp³-hybridized carbons (Fsp3) is 0.273. The lowest BCUT2D eigenvalue weighted by atomic mass is 10.1. The maximum Gasteiger partial charge on any atom is 0.0946 e. The van der Waals surface area contributed by atoms with Gasteiger partial charge in [-0.15, -0.1) is 0 Å². The van der Waals surface area contributed by atoms with Crippen LogP contribution in [-0.2, 0) is 13.5 Å². The lowest BCUT2D eigenvalue weighted by Gasteiger charge is -2.12. The average Bonchev–Trinajstić information content (AvgIpc) is 2.68. The molecule has 0 saturated carbocycles. The first-order chi connectivity index (χ1) is 7.68. The summed E-state index contributed by atoms with van der Waals surface area (Å²) in [5.74, 6) is 0. The zero-order chi connectivity index (χ0) is 11.5. The molecule has 2 aromatic heterocycles. The van der Waals surface area contributed by atoms with Crippen molar-refractivity contribution in [1.82, 2.24) is 14.5 Å². The maximum absolute atomic E-state index is 6.10. The Labute approximate surface area is 99.1 Å². The molecule has 0 saturated heterocycles. The van der Waals surface area contributed by atoms with Gasteiger partial charge in [0.15, 0.2) is 0 Å². The van der Waals surface area contributed by atoms with E-state index in [4.69, 9.17) is 17.3 Å². The minimum Gasteiger partial charge on any atom is -0.336 e. The molecule has 84 valence electrons. The summed E-state index contributed by atoms with van der Waals surface area (Å²) in [5, 5.41) is 0.653. The first-order valence-electron chi connectivity index (χ1n) is 4.98. The second-order valence-electron chi connectivity index (χ2n) is 3.71. The Morgan fingerprint density at radius 2 is 2.25 bits per heavy atom. The van der Waals surface area contributed by atoms with E-state index in [1.54, 1.807) is 24.9 Å². The summed E-state index contributed by atoms with van der Waals surface area (Å²) >= 11 is 6.03. The van der Waals surface area contributed by atoms with E-state index in [1.807, 2.05) is 17.7 Å². The molecule has 5 heteroatoms. The minimum atomic E-state index is -0.104. The molecule has 0 aliphatic heterocycles. The maximum atomic E-state index is 6.10. The van der Waals surface area contributed by atoms with Crippen molar-refractivity contribution in [3.63, 3.8) is 0 Å². The SMILES string of the molecule is Cn1cncc1C(N)Cc1ccncc1Cl. The highest BCUT2D eigenvalue weighted by Crippen LogP contribution is 2.20. The molecule has 1 unspecified atom stereocenters. The number of nitrogens with two attached hydrogens (primary N) is 1. The molecular formula is C11H13ClN4. The Morgan fingerprint density at radius 1 is 1.44 bits per heavy atom. The molecule has 2 rings (SSSR count). The molecule has 0 bridgehead atoms. The monoisotopic (exact) mass is 236 g/mol. The number of aryl methyl sites for hydroxylation is 1. The van der Waals surface area contributed by atoms with Crippen LogP contribution in [0.2, 0.25) is 5.02 Å². The summed E-state index contributed by atoms with van der Waals surface area (Å²) in [5.41, 5.74) is 8.10. The molecule has 2 N–H and O–H groups in total. The zero-order valence-corrected chi connectivity index (χ0v) is 9.72. The summed E-state index contributed by atoms with van der Waals surface area (Å²) in [6, 6.07) is 1.78. The smallest absolute Gasteiger partial charge is 0.0946 e. The van der Waals surface area contributed by atoms with Crippen molar-refractivity contribution < 1.29 is 0 Å². The molecule has 16 heavy (non-hydrogen) atoms. The molecule has 2 heterocycles. The molecule has 0 aliphatic carbocycles. The van der Waals surface area contributed by atoms with Crippen LogP contribution >= 0.6 is 11.6 Å². The van der Waals surface area contributed by atoms with Gasteiger partial charge < -0.3 is 10.3 Å². The van der Waals surface area contributed by atoms with Gasteiger partial charge in [0.05, 0.1) is 23.1 Å². The Kier molecular flexibility index (Phi) is 3.22. The van der Waals surface area contributed by atoms with E-state index in [2.05, 4.69) is 9.97 Å². The number of pyridine rings is 1. The van der Waals surface area contributed by atoms with Crippen molar-refractivity contribution in [2.45, 2.75) is 12.5 Å². The van der Waals surface area contributed by atoms with Crippen molar-refractivity contribution in [3.05, 3.63) is 47.3 Å². The van der Waals surface area contributed by atoms with Crippen molar-refractivity contribution in [2.75, 3.05) is 0 Å². The quantitative estimate of drug-likeness (QED) is 0.883. The first kappa shape index (κ1) is 11.1.